The van der Waals surface area contributed by atoms with Crippen molar-refractivity contribution in [1.82, 2.24) is 14.6 Å². The zero-order valence-corrected chi connectivity index (χ0v) is 13.5. The molecule has 4 rings (SSSR count). The van der Waals surface area contributed by atoms with Crippen molar-refractivity contribution in [1.29, 1.82) is 0 Å². The minimum Gasteiger partial charge on any atom is -0.330 e. The quantitative estimate of drug-likeness (QED) is 0.612. The second-order valence-electron chi connectivity index (χ2n) is 5.53. The number of nitrogens with one attached hydrogen (secondary N) is 1. The fourth-order valence-corrected chi connectivity index (χ4v) is 3.34. The van der Waals surface area contributed by atoms with E-state index in [0.29, 0.717) is 21.0 Å². The van der Waals surface area contributed by atoms with Crippen molar-refractivity contribution in [2.24, 2.45) is 0 Å². The lowest BCUT2D eigenvalue weighted by atomic mass is 10.2. The molecule has 0 radical (unpaired) electrons. The van der Waals surface area contributed by atoms with Gasteiger partial charge in [-0.2, -0.15) is 4.52 Å². The van der Waals surface area contributed by atoms with Gasteiger partial charge < -0.3 is 5.32 Å². The molecule has 1 N–H and O–H groups in total. The Morgan fingerprint density at radius 3 is 2.74 bits per heavy atom. The maximum atomic E-state index is 12.6. The first-order valence-electron chi connectivity index (χ1n) is 7.24. The molecule has 0 bridgehead atoms. The molecule has 2 heterocycles. The highest BCUT2D eigenvalue weighted by Gasteiger charge is 2.11. The lowest BCUT2D eigenvalue weighted by Gasteiger charge is -2.01. The molecule has 0 atom stereocenters. The third-order valence-corrected chi connectivity index (χ3v) is 4.44. The van der Waals surface area contributed by atoms with Crippen molar-refractivity contribution in [3.8, 4) is 0 Å². The van der Waals surface area contributed by atoms with E-state index in [1.54, 1.807) is 0 Å². The van der Waals surface area contributed by atoms with Crippen LogP contribution >= 0.6 is 11.3 Å². The summed E-state index contributed by atoms with van der Waals surface area (Å²) in [6.45, 7) is 3.99. The van der Waals surface area contributed by atoms with E-state index >= 15 is 0 Å². The van der Waals surface area contributed by atoms with Gasteiger partial charge in [-0.25, -0.2) is 4.98 Å². The van der Waals surface area contributed by atoms with Crippen LogP contribution in [-0.4, -0.2) is 14.6 Å². The maximum absolute atomic E-state index is 12.6. The number of aryl methyl sites for hydroxylation is 2. The lowest BCUT2D eigenvalue weighted by Crippen LogP contribution is -2.15. The van der Waals surface area contributed by atoms with Gasteiger partial charge in [-0.05, 0) is 43.7 Å². The summed E-state index contributed by atoms with van der Waals surface area (Å²) in [6.07, 6.45) is 0. The van der Waals surface area contributed by atoms with Crippen molar-refractivity contribution in [2.45, 2.75) is 13.8 Å². The fraction of sp³-hybridized carbons (Fsp3) is 0.118. The summed E-state index contributed by atoms with van der Waals surface area (Å²) in [5, 5.41) is 8.84. The number of benzene rings is 2. The SMILES string of the molecule is Cc1cccc(Nc2nn3c(=O)c4cc(C)ccc4nc3s2)c1. The van der Waals surface area contributed by atoms with E-state index < -0.39 is 0 Å². The Labute approximate surface area is 136 Å². The smallest absolute Gasteiger partial charge is 0.283 e. The Bertz CT molecular complexity index is 1100. The van der Waals surface area contributed by atoms with Crippen LogP contribution in [0.2, 0.25) is 0 Å². The lowest BCUT2D eigenvalue weighted by molar-refractivity contribution is 0.919. The molecule has 0 saturated carbocycles. The molecule has 0 spiro atoms. The Hall–Kier alpha value is -2.73. The number of rotatable bonds is 2. The van der Waals surface area contributed by atoms with Gasteiger partial charge in [-0.3, -0.25) is 4.79 Å². The van der Waals surface area contributed by atoms with Crippen LogP contribution in [0.15, 0.2) is 47.3 Å². The summed E-state index contributed by atoms with van der Waals surface area (Å²) in [7, 11) is 0. The minimum atomic E-state index is -0.137. The van der Waals surface area contributed by atoms with Crippen LogP contribution in [0.4, 0.5) is 10.8 Å². The average molecular weight is 322 g/mol. The van der Waals surface area contributed by atoms with E-state index in [0.717, 1.165) is 16.8 Å². The van der Waals surface area contributed by atoms with Crippen molar-refractivity contribution >= 4 is 38.0 Å². The molecule has 0 amide bonds. The predicted molar refractivity (Wildman–Crippen MR) is 93.8 cm³/mol. The molecule has 2 aromatic carbocycles. The molecule has 0 aliphatic heterocycles. The molecule has 0 unspecified atom stereocenters. The number of hydrogen-bond donors (Lipinski definition) is 1. The number of anilines is 2. The summed E-state index contributed by atoms with van der Waals surface area (Å²) in [5.74, 6) is 0. The zero-order valence-electron chi connectivity index (χ0n) is 12.7. The van der Waals surface area contributed by atoms with Gasteiger partial charge in [0.2, 0.25) is 10.1 Å². The molecule has 2 aromatic heterocycles. The van der Waals surface area contributed by atoms with E-state index in [4.69, 9.17) is 0 Å². The topological polar surface area (TPSA) is 59.3 Å². The van der Waals surface area contributed by atoms with Crippen molar-refractivity contribution in [3.05, 3.63) is 63.9 Å². The molecule has 6 heteroatoms. The molecule has 0 aliphatic carbocycles. The van der Waals surface area contributed by atoms with Crippen molar-refractivity contribution in [3.63, 3.8) is 0 Å². The van der Waals surface area contributed by atoms with Gasteiger partial charge in [-0.1, -0.05) is 35.1 Å². The Morgan fingerprint density at radius 2 is 1.91 bits per heavy atom. The monoisotopic (exact) mass is 322 g/mol. The van der Waals surface area contributed by atoms with Crippen LogP contribution in [0.3, 0.4) is 0 Å². The molecule has 114 valence electrons. The molecule has 23 heavy (non-hydrogen) atoms. The Balaban J connectivity index is 1.86. The van der Waals surface area contributed by atoms with E-state index in [2.05, 4.69) is 15.4 Å². The minimum absolute atomic E-state index is 0.137. The highest BCUT2D eigenvalue weighted by molar-refractivity contribution is 7.20. The predicted octanol–water partition coefficient (Wildman–Crippen LogP) is 3.66. The first kappa shape index (κ1) is 13.9. The van der Waals surface area contributed by atoms with Gasteiger partial charge in [0.15, 0.2) is 0 Å². The second-order valence-corrected chi connectivity index (χ2v) is 6.49. The van der Waals surface area contributed by atoms with Gasteiger partial charge in [0.25, 0.3) is 5.56 Å². The number of nitrogens with zero attached hydrogens (tertiary/aromatic N) is 3. The Kier molecular flexibility index (Phi) is 3.12. The van der Waals surface area contributed by atoms with Gasteiger partial charge >= 0.3 is 0 Å². The zero-order chi connectivity index (χ0) is 16.0. The summed E-state index contributed by atoms with van der Waals surface area (Å²) >= 11 is 1.36. The van der Waals surface area contributed by atoms with Crippen LogP contribution in [0.1, 0.15) is 11.1 Å². The first-order chi connectivity index (χ1) is 11.1. The van der Waals surface area contributed by atoms with Crippen LogP contribution in [0, 0.1) is 13.8 Å². The van der Waals surface area contributed by atoms with Crippen molar-refractivity contribution < 1.29 is 0 Å². The number of fused-ring (bicyclic) bond motifs is 2. The fourth-order valence-electron chi connectivity index (χ4n) is 2.52. The van der Waals surface area contributed by atoms with Crippen LogP contribution < -0.4 is 10.9 Å². The third kappa shape index (κ3) is 2.47. The normalized spacial score (nSPS) is 11.2. The van der Waals surface area contributed by atoms with E-state index in [1.165, 1.54) is 15.9 Å². The molecular formula is C17H14N4OS. The summed E-state index contributed by atoms with van der Waals surface area (Å²) in [6, 6.07) is 13.7. The molecular weight excluding hydrogens is 308 g/mol. The van der Waals surface area contributed by atoms with Gasteiger partial charge in [-0.15, -0.1) is 5.10 Å². The standard InChI is InChI=1S/C17H14N4OS/c1-10-4-3-5-12(8-10)18-16-20-21-15(22)13-9-11(2)6-7-14(13)19-17(21)23-16/h3-9H,1-2H3,(H,18,20). The number of aromatic nitrogens is 3. The molecule has 5 nitrogen and oxygen atoms in total. The highest BCUT2D eigenvalue weighted by Crippen LogP contribution is 2.23. The summed E-state index contributed by atoms with van der Waals surface area (Å²) < 4.78 is 1.37. The van der Waals surface area contributed by atoms with Gasteiger partial charge in [0.05, 0.1) is 10.9 Å². The van der Waals surface area contributed by atoms with E-state index in [1.807, 2.05) is 56.3 Å². The molecule has 4 aromatic rings. The van der Waals surface area contributed by atoms with Crippen LogP contribution in [0.5, 0.6) is 0 Å². The molecule has 0 saturated heterocycles. The average Bonchev–Trinajstić information content (AvgIpc) is 2.91. The molecule has 0 aliphatic rings. The van der Waals surface area contributed by atoms with Crippen LogP contribution in [0.25, 0.3) is 15.9 Å². The van der Waals surface area contributed by atoms with E-state index in [9.17, 15) is 4.79 Å². The van der Waals surface area contributed by atoms with E-state index in [-0.39, 0.29) is 5.56 Å². The first-order valence-corrected chi connectivity index (χ1v) is 8.06. The van der Waals surface area contributed by atoms with Gasteiger partial charge in [0.1, 0.15) is 0 Å². The largest absolute Gasteiger partial charge is 0.330 e. The summed E-state index contributed by atoms with van der Waals surface area (Å²) in [5.41, 5.74) is 3.70. The summed E-state index contributed by atoms with van der Waals surface area (Å²) in [4.78, 5) is 17.7. The number of hydrogen-bond acceptors (Lipinski definition) is 5. The molecule has 0 fully saturated rings. The maximum Gasteiger partial charge on any atom is 0.283 e. The van der Waals surface area contributed by atoms with Crippen molar-refractivity contribution in [2.75, 3.05) is 5.32 Å². The van der Waals surface area contributed by atoms with Gasteiger partial charge in [0, 0.05) is 5.69 Å². The highest BCUT2D eigenvalue weighted by atomic mass is 32.1. The second kappa shape index (κ2) is 5.17. The van der Waals surface area contributed by atoms with Crippen LogP contribution in [-0.2, 0) is 0 Å². The third-order valence-electron chi connectivity index (χ3n) is 3.62. The Morgan fingerprint density at radius 1 is 1.09 bits per heavy atom.